The summed E-state index contributed by atoms with van der Waals surface area (Å²) < 4.78 is 0. The highest BCUT2D eigenvalue weighted by molar-refractivity contribution is 5.83. The summed E-state index contributed by atoms with van der Waals surface area (Å²) in [6.45, 7) is 1.09. The van der Waals surface area contributed by atoms with Crippen molar-refractivity contribution in [2.45, 2.75) is 31.2 Å². The molecule has 3 heteroatoms. The second-order valence-electron chi connectivity index (χ2n) is 4.53. The van der Waals surface area contributed by atoms with Gasteiger partial charge in [-0.25, -0.2) is 0 Å². The summed E-state index contributed by atoms with van der Waals surface area (Å²) in [6.07, 6.45) is 4.80. The van der Waals surface area contributed by atoms with E-state index < -0.39 is 0 Å². The zero-order chi connectivity index (χ0) is 9.47. The largest absolute Gasteiger partial charge is 0.349 e. The zero-order valence-electron chi connectivity index (χ0n) is 8.47. The number of piperidine rings is 1. The zero-order valence-corrected chi connectivity index (χ0v) is 8.47. The van der Waals surface area contributed by atoms with Crippen molar-refractivity contribution in [1.82, 2.24) is 10.2 Å². The Hall–Kier alpha value is -0.570. The van der Waals surface area contributed by atoms with Crippen LogP contribution in [0.2, 0.25) is 0 Å². The molecular formula is C10H18N2O. The lowest BCUT2D eigenvalue weighted by Crippen LogP contribution is -2.41. The fraction of sp³-hybridized carbons (Fsp3) is 0.900. The molecule has 1 spiro atoms. The maximum Gasteiger partial charge on any atom is 0.227 e. The average molecular weight is 182 g/mol. The van der Waals surface area contributed by atoms with Gasteiger partial charge in [0.2, 0.25) is 5.91 Å². The summed E-state index contributed by atoms with van der Waals surface area (Å²) in [4.78, 5) is 13.4. The molecule has 1 saturated carbocycles. The van der Waals surface area contributed by atoms with E-state index in [9.17, 15) is 4.79 Å². The van der Waals surface area contributed by atoms with Crippen LogP contribution >= 0.6 is 0 Å². The summed E-state index contributed by atoms with van der Waals surface area (Å²) in [6, 6.07) is 0. The van der Waals surface area contributed by atoms with E-state index in [1.807, 2.05) is 14.1 Å². The first-order valence-electron chi connectivity index (χ1n) is 5.12. The fourth-order valence-electron chi connectivity index (χ4n) is 2.40. The quantitative estimate of drug-likeness (QED) is 0.644. The Bertz CT molecular complexity index is 219. The van der Waals surface area contributed by atoms with Crippen LogP contribution < -0.4 is 5.32 Å². The van der Waals surface area contributed by atoms with E-state index in [4.69, 9.17) is 0 Å². The molecule has 1 heterocycles. The van der Waals surface area contributed by atoms with Gasteiger partial charge >= 0.3 is 0 Å². The number of carbonyl (C=O) groups is 1. The number of amides is 1. The molecule has 2 aliphatic rings. The Balaban J connectivity index is 1.96. The molecule has 3 nitrogen and oxygen atoms in total. The lowest BCUT2D eigenvalue weighted by atomic mass is 10.0. The van der Waals surface area contributed by atoms with E-state index in [2.05, 4.69) is 5.32 Å². The monoisotopic (exact) mass is 182 g/mol. The summed E-state index contributed by atoms with van der Waals surface area (Å²) in [5.41, 5.74) is 0.208. The van der Waals surface area contributed by atoms with Gasteiger partial charge in [-0.15, -0.1) is 0 Å². The van der Waals surface area contributed by atoms with Crippen LogP contribution in [0.4, 0.5) is 0 Å². The van der Waals surface area contributed by atoms with E-state index in [-0.39, 0.29) is 11.5 Å². The number of nitrogens with one attached hydrogen (secondary N) is 1. The number of rotatable bonds is 1. The maximum absolute atomic E-state index is 11.7. The molecule has 1 aliphatic carbocycles. The van der Waals surface area contributed by atoms with Crippen LogP contribution in [-0.2, 0) is 4.79 Å². The highest BCUT2D eigenvalue weighted by atomic mass is 16.2. The van der Waals surface area contributed by atoms with Gasteiger partial charge in [0.15, 0.2) is 0 Å². The van der Waals surface area contributed by atoms with Crippen LogP contribution in [0.3, 0.4) is 0 Å². The Morgan fingerprint density at radius 2 is 2.23 bits per heavy atom. The molecule has 1 amide bonds. The molecule has 13 heavy (non-hydrogen) atoms. The summed E-state index contributed by atoms with van der Waals surface area (Å²) in [5.74, 6) is 0.567. The normalized spacial score (nSPS) is 37.5. The minimum atomic E-state index is 0.208. The SMILES string of the molecule is CN(C)C(=O)C1CC12CCCCN2. The van der Waals surface area contributed by atoms with Crippen molar-refractivity contribution in [3.8, 4) is 0 Å². The van der Waals surface area contributed by atoms with Gasteiger partial charge in [-0.3, -0.25) is 4.79 Å². The maximum atomic E-state index is 11.7. The van der Waals surface area contributed by atoms with Gasteiger partial charge in [0.25, 0.3) is 0 Å². The molecule has 2 unspecified atom stereocenters. The minimum Gasteiger partial charge on any atom is -0.349 e. The van der Waals surface area contributed by atoms with Crippen LogP contribution in [-0.4, -0.2) is 37.0 Å². The lowest BCUT2D eigenvalue weighted by molar-refractivity contribution is -0.130. The van der Waals surface area contributed by atoms with E-state index in [1.54, 1.807) is 4.90 Å². The number of carbonyl (C=O) groups excluding carboxylic acids is 1. The molecule has 1 N–H and O–H groups in total. The highest BCUT2D eigenvalue weighted by Crippen LogP contribution is 2.49. The topological polar surface area (TPSA) is 32.3 Å². The first-order valence-corrected chi connectivity index (χ1v) is 5.12. The smallest absolute Gasteiger partial charge is 0.227 e. The standard InChI is InChI=1S/C10H18N2O/c1-12(2)9(13)8-7-10(8)5-3-4-6-11-10/h8,11H,3-7H2,1-2H3. The predicted octanol–water partition coefficient (Wildman–Crippen LogP) is 0.607. The molecule has 0 aromatic heterocycles. The fourth-order valence-corrected chi connectivity index (χ4v) is 2.40. The van der Waals surface area contributed by atoms with E-state index in [1.165, 1.54) is 19.3 Å². The summed E-state index contributed by atoms with van der Waals surface area (Å²) >= 11 is 0. The third-order valence-electron chi connectivity index (χ3n) is 3.34. The summed E-state index contributed by atoms with van der Waals surface area (Å²) in [7, 11) is 3.69. The molecule has 0 radical (unpaired) electrons. The van der Waals surface area contributed by atoms with Crippen LogP contribution in [0.5, 0.6) is 0 Å². The van der Waals surface area contributed by atoms with Crippen LogP contribution in [0.15, 0.2) is 0 Å². The molecule has 0 bridgehead atoms. The number of nitrogens with zero attached hydrogens (tertiary/aromatic N) is 1. The highest BCUT2D eigenvalue weighted by Gasteiger charge is 2.58. The third kappa shape index (κ3) is 1.46. The molecule has 2 rings (SSSR count). The van der Waals surface area contributed by atoms with Gasteiger partial charge in [0.1, 0.15) is 0 Å². The number of hydrogen-bond acceptors (Lipinski definition) is 2. The molecule has 2 fully saturated rings. The molecular weight excluding hydrogens is 164 g/mol. The summed E-state index contributed by atoms with van der Waals surface area (Å²) in [5, 5.41) is 3.51. The van der Waals surface area contributed by atoms with Crippen molar-refractivity contribution in [1.29, 1.82) is 0 Å². The van der Waals surface area contributed by atoms with Gasteiger partial charge < -0.3 is 10.2 Å². The van der Waals surface area contributed by atoms with Crippen LogP contribution in [0.25, 0.3) is 0 Å². The van der Waals surface area contributed by atoms with E-state index in [0.29, 0.717) is 5.91 Å². The van der Waals surface area contributed by atoms with Crippen LogP contribution in [0.1, 0.15) is 25.7 Å². The van der Waals surface area contributed by atoms with E-state index >= 15 is 0 Å². The Morgan fingerprint density at radius 1 is 1.46 bits per heavy atom. The molecule has 74 valence electrons. The van der Waals surface area contributed by atoms with Crippen molar-refractivity contribution < 1.29 is 4.79 Å². The van der Waals surface area contributed by atoms with Crippen LogP contribution in [0, 0.1) is 5.92 Å². The predicted molar refractivity (Wildman–Crippen MR) is 51.4 cm³/mol. The van der Waals surface area contributed by atoms with Gasteiger partial charge in [-0.1, -0.05) is 6.42 Å². The molecule has 1 aliphatic heterocycles. The average Bonchev–Trinajstić information content (AvgIpc) is 2.79. The molecule has 1 saturated heterocycles. The van der Waals surface area contributed by atoms with E-state index in [0.717, 1.165) is 13.0 Å². The second-order valence-corrected chi connectivity index (χ2v) is 4.53. The first-order chi connectivity index (χ1) is 6.16. The van der Waals surface area contributed by atoms with Gasteiger partial charge in [-0.2, -0.15) is 0 Å². The molecule has 0 aromatic rings. The second kappa shape index (κ2) is 2.98. The lowest BCUT2D eigenvalue weighted by Gasteiger charge is -2.25. The Labute approximate surface area is 79.5 Å². The molecule has 2 atom stereocenters. The molecule has 0 aromatic carbocycles. The minimum absolute atomic E-state index is 0.208. The van der Waals surface area contributed by atoms with Crippen molar-refractivity contribution in [3.63, 3.8) is 0 Å². The van der Waals surface area contributed by atoms with Crippen molar-refractivity contribution in [3.05, 3.63) is 0 Å². The Kier molecular flexibility index (Phi) is 2.06. The Morgan fingerprint density at radius 3 is 2.77 bits per heavy atom. The van der Waals surface area contributed by atoms with Gasteiger partial charge in [0, 0.05) is 19.6 Å². The van der Waals surface area contributed by atoms with Gasteiger partial charge in [0.05, 0.1) is 5.92 Å². The first kappa shape index (κ1) is 9.00. The van der Waals surface area contributed by atoms with Crippen molar-refractivity contribution in [2.75, 3.05) is 20.6 Å². The van der Waals surface area contributed by atoms with Crippen molar-refractivity contribution >= 4 is 5.91 Å². The number of hydrogen-bond donors (Lipinski definition) is 1. The van der Waals surface area contributed by atoms with Crippen molar-refractivity contribution in [2.24, 2.45) is 5.92 Å². The van der Waals surface area contributed by atoms with Gasteiger partial charge in [-0.05, 0) is 25.8 Å². The third-order valence-corrected chi connectivity index (χ3v) is 3.34.